The highest BCUT2D eigenvalue weighted by atomic mass is 32.2. The number of nitrogens with zero attached hydrogens (tertiary/aromatic N) is 1. The Morgan fingerprint density at radius 3 is 2.48 bits per heavy atom. The van der Waals surface area contributed by atoms with Crippen LogP contribution in [0.1, 0.15) is 52.9 Å². The van der Waals surface area contributed by atoms with E-state index in [4.69, 9.17) is 0 Å². The molecule has 0 aromatic heterocycles. The number of hydrogen-bond acceptors (Lipinski definition) is 3. The van der Waals surface area contributed by atoms with Crippen LogP contribution in [-0.2, 0) is 4.79 Å². The first-order chi connectivity index (χ1) is 10.9. The maximum Gasteiger partial charge on any atom is 0.240 e. The fraction of sp³-hybridized carbons (Fsp3) is 0.579. The number of rotatable bonds is 5. The molecule has 0 heterocycles. The van der Waals surface area contributed by atoms with Crippen LogP contribution >= 0.6 is 11.8 Å². The Balaban J connectivity index is 1.66. The van der Waals surface area contributed by atoms with Crippen molar-refractivity contribution in [3.8, 4) is 0 Å². The summed E-state index contributed by atoms with van der Waals surface area (Å²) in [4.78, 5) is 13.1. The Morgan fingerprint density at radius 1 is 1.22 bits per heavy atom. The van der Waals surface area contributed by atoms with Gasteiger partial charge in [0.2, 0.25) is 5.91 Å². The summed E-state index contributed by atoms with van der Waals surface area (Å²) in [5.41, 5.74) is 4.25. The molecule has 0 aliphatic heterocycles. The van der Waals surface area contributed by atoms with Crippen LogP contribution in [-0.4, -0.2) is 17.4 Å². The average molecular weight is 333 g/mol. The van der Waals surface area contributed by atoms with Gasteiger partial charge in [-0.1, -0.05) is 39.0 Å². The SMILES string of the molecule is CC(C)(C)C1CCC(=NNC(=O)CCSc2ccccc2)CC1. The Bertz CT molecular complexity index is 524. The van der Waals surface area contributed by atoms with E-state index in [0.29, 0.717) is 11.8 Å². The van der Waals surface area contributed by atoms with Gasteiger partial charge in [-0.15, -0.1) is 11.8 Å². The Kier molecular flexibility index (Phi) is 6.70. The van der Waals surface area contributed by atoms with E-state index in [1.807, 2.05) is 18.2 Å². The smallest absolute Gasteiger partial charge is 0.240 e. The largest absolute Gasteiger partial charge is 0.273 e. The van der Waals surface area contributed by atoms with Gasteiger partial charge in [0.1, 0.15) is 0 Å². The van der Waals surface area contributed by atoms with Crippen LogP contribution < -0.4 is 5.43 Å². The van der Waals surface area contributed by atoms with Gasteiger partial charge in [0.25, 0.3) is 0 Å². The summed E-state index contributed by atoms with van der Waals surface area (Å²) in [6.07, 6.45) is 4.90. The maximum atomic E-state index is 11.9. The van der Waals surface area contributed by atoms with Gasteiger partial charge in [-0.3, -0.25) is 4.79 Å². The number of carbonyl (C=O) groups is 1. The molecule has 0 radical (unpaired) electrons. The molecule has 1 N–H and O–H groups in total. The molecule has 1 aliphatic carbocycles. The van der Waals surface area contributed by atoms with Crippen LogP contribution in [0.4, 0.5) is 0 Å². The summed E-state index contributed by atoms with van der Waals surface area (Å²) >= 11 is 1.70. The third kappa shape index (κ3) is 6.38. The molecule has 23 heavy (non-hydrogen) atoms. The fourth-order valence-electron chi connectivity index (χ4n) is 2.90. The van der Waals surface area contributed by atoms with Crippen LogP contribution in [0.25, 0.3) is 0 Å². The molecule has 0 atom stereocenters. The van der Waals surface area contributed by atoms with E-state index in [0.717, 1.165) is 30.2 Å². The standard InChI is InChI=1S/C19H28N2OS/c1-19(2,3)15-9-11-16(12-10-15)20-21-18(22)13-14-23-17-7-5-4-6-8-17/h4-8,15H,9-14H2,1-3H3,(H,21,22). The first-order valence-corrected chi connectivity index (χ1v) is 9.46. The lowest BCUT2D eigenvalue weighted by atomic mass is 9.72. The van der Waals surface area contributed by atoms with Crippen molar-refractivity contribution in [1.82, 2.24) is 5.43 Å². The fourth-order valence-corrected chi connectivity index (χ4v) is 3.78. The number of nitrogens with one attached hydrogen (secondary N) is 1. The molecule has 1 aromatic rings. The van der Waals surface area contributed by atoms with Gasteiger partial charge in [-0.25, -0.2) is 5.43 Å². The highest BCUT2D eigenvalue weighted by molar-refractivity contribution is 7.99. The molecule has 1 fully saturated rings. The molecule has 2 rings (SSSR count). The van der Waals surface area contributed by atoms with Crippen molar-refractivity contribution >= 4 is 23.4 Å². The van der Waals surface area contributed by atoms with Crippen molar-refractivity contribution in [3.05, 3.63) is 30.3 Å². The summed E-state index contributed by atoms with van der Waals surface area (Å²) in [6, 6.07) is 10.2. The van der Waals surface area contributed by atoms with Crippen molar-refractivity contribution in [3.63, 3.8) is 0 Å². The molecule has 4 heteroatoms. The second-order valence-corrected chi connectivity index (χ2v) is 8.43. The molecular formula is C19H28N2OS. The normalized spacial score (nSPS) is 18.6. The van der Waals surface area contributed by atoms with Gasteiger partial charge in [-0.2, -0.15) is 5.10 Å². The number of amides is 1. The van der Waals surface area contributed by atoms with E-state index in [-0.39, 0.29) is 5.91 Å². The quantitative estimate of drug-likeness (QED) is 0.617. The van der Waals surface area contributed by atoms with Gasteiger partial charge < -0.3 is 0 Å². The second-order valence-electron chi connectivity index (χ2n) is 7.26. The maximum absolute atomic E-state index is 11.9. The molecule has 0 spiro atoms. The zero-order valence-corrected chi connectivity index (χ0v) is 15.3. The lowest BCUT2D eigenvalue weighted by molar-refractivity contribution is -0.120. The zero-order valence-electron chi connectivity index (χ0n) is 14.5. The van der Waals surface area contributed by atoms with Gasteiger partial charge in [0.05, 0.1) is 0 Å². The number of hydrazone groups is 1. The van der Waals surface area contributed by atoms with E-state index < -0.39 is 0 Å². The number of carbonyl (C=O) groups excluding carboxylic acids is 1. The van der Waals surface area contributed by atoms with Crippen LogP contribution in [0, 0.1) is 11.3 Å². The molecule has 1 aliphatic rings. The summed E-state index contributed by atoms with van der Waals surface area (Å²) in [5, 5.41) is 4.33. The highest BCUT2D eigenvalue weighted by Gasteiger charge is 2.28. The van der Waals surface area contributed by atoms with Gasteiger partial charge >= 0.3 is 0 Å². The summed E-state index contributed by atoms with van der Waals surface area (Å²) in [6.45, 7) is 6.93. The van der Waals surface area contributed by atoms with Gasteiger partial charge in [-0.05, 0) is 49.1 Å². The molecular weight excluding hydrogens is 304 g/mol. The van der Waals surface area contributed by atoms with Crippen molar-refractivity contribution in [1.29, 1.82) is 0 Å². The minimum Gasteiger partial charge on any atom is -0.273 e. The van der Waals surface area contributed by atoms with Crippen molar-refractivity contribution in [2.75, 3.05) is 5.75 Å². The van der Waals surface area contributed by atoms with Crippen molar-refractivity contribution < 1.29 is 4.79 Å². The number of benzene rings is 1. The van der Waals surface area contributed by atoms with Gasteiger partial charge in [0.15, 0.2) is 0 Å². The topological polar surface area (TPSA) is 41.5 Å². The van der Waals surface area contributed by atoms with Crippen molar-refractivity contribution in [2.24, 2.45) is 16.4 Å². The lowest BCUT2D eigenvalue weighted by Crippen LogP contribution is -2.27. The molecule has 0 bridgehead atoms. The first-order valence-electron chi connectivity index (χ1n) is 8.47. The van der Waals surface area contributed by atoms with Crippen molar-refractivity contribution in [2.45, 2.75) is 57.8 Å². The molecule has 1 aromatic carbocycles. The van der Waals surface area contributed by atoms with Gasteiger partial charge in [0, 0.05) is 22.8 Å². The predicted molar refractivity (Wildman–Crippen MR) is 98.8 cm³/mol. The predicted octanol–water partition coefficient (Wildman–Crippen LogP) is 4.88. The molecule has 0 saturated heterocycles. The van der Waals surface area contributed by atoms with Crippen LogP contribution in [0.2, 0.25) is 0 Å². The zero-order chi connectivity index (χ0) is 16.7. The van der Waals surface area contributed by atoms with E-state index in [1.54, 1.807) is 11.8 Å². The Labute approximate surface area is 144 Å². The Morgan fingerprint density at radius 2 is 1.87 bits per heavy atom. The minimum atomic E-state index is 0.0128. The lowest BCUT2D eigenvalue weighted by Gasteiger charge is -2.34. The molecule has 126 valence electrons. The highest BCUT2D eigenvalue weighted by Crippen LogP contribution is 2.36. The first kappa shape index (κ1) is 18.1. The summed E-state index contributed by atoms with van der Waals surface area (Å²) in [7, 11) is 0. The van der Waals surface area contributed by atoms with Crippen LogP contribution in [0.3, 0.4) is 0 Å². The number of thioether (sulfide) groups is 1. The van der Waals surface area contributed by atoms with E-state index in [9.17, 15) is 4.79 Å². The summed E-state index contributed by atoms with van der Waals surface area (Å²) < 4.78 is 0. The molecule has 1 amide bonds. The average Bonchev–Trinajstić information content (AvgIpc) is 2.53. The monoisotopic (exact) mass is 332 g/mol. The summed E-state index contributed by atoms with van der Waals surface area (Å²) in [5.74, 6) is 1.56. The molecule has 0 unspecified atom stereocenters. The second kappa shape index (κ2) is 8.53. The van der Waals surface area contributed by atoms with E-state index >= 15 is 0 Å². The molecule has 1 saturated carbocycles. The number of hydrogen-bond donors (Lipinski definition) is 1. The third-order valence-corrected chi connectivity index (χ3v) is 5.48. The van der Waals surface area contributed by atoms with E-state index in [1.165, 1.54) is 17.7 Å². The van der Waals surface area contributed by atoms with E-state index in [2.05, 4.69) is 43.4 Å². The molecule has 3 nitrogen and oxygen atoms in total. The Hall–Kier alpha value is -1.29. The van der Waals surface area contributed by atoms with Crippen LogP contribution in [0.15, 0.2) is 40.3 Å². The third-order valence-electron chi connectivity index (χ3n) is 4.47. The minimum absolute atomic E-state index is 0.0128. The van der Waals surface area contributed by atoms with Crippen LogP contribution in [0.5, 0.6) is 0 Å².